The zero-order valence-corrected chi connectivity index (χ0v) is 16.1. The van der Waals surface area contributed by atoms with Gasteiger partial charge in [-0.1, -0.05) is 6.92 Å². The molecule has 0 aromatic carbocycles. The van der Waals surface area contributed by atoms with Gasteiger partial charge in [0.1, 0.15) is 0 Å². The average Bonchev–Trinajstić information content (AvgIpc) is 3.42. The Labute approximate surface area is 161 Å². The summed E-state index contributed by atoms with van der Waals surface area (Å²) >= 11 is 1.78. The van der Waals surface area contributed by atoms with Crippen LogP contribution in [0.15, 0.2) is 38.7 Å². The summed E-state index contributed by atoms with van der Waals surface area (Å²) in [4.78, 5) is 18.2. The summed E-state index contributed by atoms with van der Waals surface area (Å²) in [6.07, 6.45) is 3.46. The Morgan fingerprint density at radius 1 is 1.37 bits per heavy atom. The highest BCUT2D eigenvalue weighted by Crippen LogP contribution is 2.24. The number of nitrogens with zero attached hydrogens (tertiary/aromatic N) is 4. The fourth-order valence-electron chi connectivity index (χ4n) is 3.29. The summed E-state index contributed by atoms with van der Waals surface area (Å²) in [7, 11) is 0. The van der Waals surface area contributed by atoms with Crippen molar-refractivity contribution >= 4 is 17.2 Å². The molecule has 0 aliphatic carbocycles. The number of amides is 1. The lowest BCUT2D eigenvalue weighted by Crippen LogP contribution is -2.42. The summed E-state index contributed by atoms with van der Waals surface area (Å²) < 4.78 is 11.0. The number of thiophene rings is 1. The number of fused-ring (bicyclic) bond motifs is 1. The number of rotatable bonds is 7. The lowest BCUT2D eigenvalue weighted by molar-refractivity contribution is -0.133. The van der Waals surface area contributed by atoms with Gasteiger partial charge in [-0.05, 0) is 48.5 Å². The summed E-state index contributed by atoms with van der Waals surface area (Å²) in [5.74, 6) is 1.54. The van der Waals surface area contributed by atoms with Gasteiger partial charge in [-0.25, -0.2) is 0 Å². The van der Waals surface area contributed by atoms with Crippen LogP contribution in [0.2, 0.25) is 0 Å². The number of carbonyl (C=O) groups is 1. The van der Waals surface area contributed by atoms with Crippen LogP contribution in [0.3, 0.4) is 0 Å². The van der Waals surface area contributed by atoms with Gasteiger partial charge in [0.15, 0.2) is 5.76 Å². The van der Waals surface area contributed by atoms with Crippen LogP contribution in [0, 0.1) is 0 Å². The van der Waals surface area contributed by atoms with Crippen LogP contribution in [0.25, 0.3) is 11.7 Å². The Morgan fingerprint density at radius 3 is 3.11 bits per heavy atom. The first kappa shape index (κ1) is 17.9. The molecular formula is C19H22N4O3S. The van der Waals surface area contributed by atoms with Crippen LogP contribution in [0.1, 0.15) is 29.7 Å². The van der Waals surface area contributed by atoms with Gasteiger partial charge >= 0.3 is 0 Å². The van der Waals surface area contributed by atoms with E-state index in [1.54, 1.807) is 29.7 Å². The van der Waals surface area contributed by atoms with Crippen molar-refractivity contribution in [3.05, 3.63) is 46.2 Å². The molecule has 27 heavy (non-hydrogen) atoms. The van der Waals surface area contributed by atoms with Crippen molar-refractivity contribution in [3.8, 4) is 11.7 Å². The van der Waals surface area contributed by atoms with E-state index in [2.05, 4.69) is 33.5 Å². The van der Waals surface area contributed by atoms with Gasteiger partial charge in [-0.3, -0.25) is 9.69 Å². The van der Waals surface area contributed by atoms with E-state index in [1.165, 1.54) is 10.4 Å². The average molecular weight is 386 g/mol. The molecule has 0 unspecified atom stereocenters. The fourth-order valence-corrected chi connectivity index (χ4v) is 4.18. The van der Waals surface area contributed by atoms with Gasteiger partial charge in [-0.15, -0.1) is 21.5 Å². The molecule has 7 nitrogen and oxygen atoms in total. The maximum atomic E-state index is 12.8. The highest BCUT2D eigenvalue weighted by atomic mass is 32.1. The maximum Gasteiger partial charge on any atom is 0.283 e. The number of hydrogen-bond donors (Lipinski definition) is 0. The smallest absolute Gasteiger partial charge is 0.283 e. The van der Waals surface area contributed by atoms with E-state index in [-0.39, 0.29) is 5.91 Å². The van der Waals surface area contributed by atoms with Crippen molar-refractivity contribution in [1.82, 2.24) is 20.0 Å². The molecular weight excluding hydrogens is 364 g/mol. The van der Waals surface area contributed by atoms with Crippen molar-refractivity contribution < 1.29 is 13.6 Å². The van der Waals surface area contributed by atoms with Crippen molar-refractivity contribution in [2.24, 2.45) is 0 Å². The first-order valence-corrected chi connectivity index (χ1v) is 10.0. The molecule has 142 valence electrons. The van der Waals surface area contributed by atoms with Crippen molar-refractivity contribution in [1.29, 1.82) is 0 Å². The van der Waals surface area contributed by atoms with E-state index < -0.39 is 0 Å². The monoisotopic (exact) mass is 386 g/mol. The normalized spacial score (nSPS) is 13.9. The second kappa shape index (κ2) is 8.06. The van der Waals surface area contributed by atoms with Gasteiger partial charge in [0.05, 0.1) is 19.4 Å². The predicted octanol–water partition coefficient (Wildman–Crippen LogP) is 3.19. The van der Waals surface area contributed by atoms with Crippen LogP contribution in [0.5, 0.6) is 0 Å². The van der Waals surface area contributed by atoms with Crippen LogP contribution in [-0.2, 0) is 24.3 Å². The molecule has 1 amide bonds. The number of hydrogen-bond acceptors (Lipinski definition) is 7. The maximum absolute atomic E-state index is 12.8. The summed E-state index contributed by atoms with van der Waals surface area (Å²) in [6.45, 7) is 5.19. The van der Waals surface area contributed by atoms with E-state index >= 15 is 0 Å². The van der Waals surface area contributed by atoms with E-state index in [1.807, 2.05) is 4.90 Å². The zero-order chi connectivity index (χ0) is 18.6. The molecule has 1 aliphatic rings. The first-order chi connectivity index (χ1) is 13.2. The molecule has 0 bridgehead atoms. The Balaban J connectivity index is 1.38. The number of carbonyl (C=O) groups excluding carboxylic acids is 1. The Hall–Kier alpha value is -2.45. The molecule has 3 aromatic rings. The van der Waals surface area contributed by atoms with Crippen LogP contribution in [0.4, 0.5) is 0 Å². The van der Waals surface area contributed by atoms with E-state index in [0.717, 1.165) is 25.9 Å². The third kappa shape index (κ3) is 4.12. The SMILES string of the molecule is CCCN(CC(=O)N1CCc2sccc2C1)Cc1nnc(-c2ccco2)o1. The topological polar surface area (TPSA) is 75.6 Å². The van der Waals surface area contributed by atoms with Gasteiger partial charge in [0, 0.05) is 18.0 Å². The molecule has 0 N–H and O–H groups in total. The molecule has 0 saturated heterocycles. The zero-order valence-electron chi connectivity index (χ0n) is 15.3. The Bertz CT molecular complexity index is 887. The molecule has 0 spiro atoms. The van der Waals surface area contributed by atoms with E-state index in [0.29, 0.717) is 37.2 Å². The minimum Gasteiger partial charge on any atom is -0.459 e. The fraction of sp³-hybridized carbons (Fsp3) is 0.421. The molecule has 4 rings (SSSR count). The lowest BCUT2D eigenvalue weighted by atomic mass is 10.1. The third-order valence-corrected chi connectivity index (χ3v) is 5.64. The summed E-state index contributed by atoms with van der Waals surface area (Å²) in [5.41, 5.74) is 1.28. The Kier molecular flexibility index (Phi) is 5.35. The molecule has 4 heterocycles. The molecule has 8 heteroatoms. The second-order valence-electron chi connectivity index (χ2n) is 6.62. The largest absolute Gasteiger partial charge is 0.459 e. The predicted molar refractivity (Wildman–Crippen MR) is 101 cm³/mol. The van der Waals surface area contributed by atoms with Crippen LogP contribution >= 0.6 is 11.3 Å². The minimum atomic E-state index is 0.145. The molecule has 0 saturated carbocycles. The molecule has 3 aromatic heterocycles. The van der Waals surface area contributed by atoms with Crippen LogP contribution < -0.4 is 0 Å². The highest BCUT2D eigenvalue weighted by Gasteiger charge is 2.24. The summed E-state index contributed by atoms with van der Waals surface area (Å²) in [5, 5.41) is 10.2. The van der Waals surface area contributed by atoms with Gasteiger partial charge in [0.2, 0.25) is 11.8 Å². The molecule has 1 aliphatic heterocycles. The quantitative estimate of drug-likeness (QED) is 0.621. The highest BCUT2D eigenvalue weighted by molar-refractivity contribution is 7.10. The van der Waals surface area contributed by atoms with Crippen molar-refractivity contribution in [2.75, 3.05) is 19.6 Å². The molecule has 0 atom stereocenters. The van der Waals surface area contributed by atoms with Gasteiger partial charge in [-0.2, -0.15) is 0 Å². The van der Waals surface area contributed by atoms with Crippen molar-refractivity contribution in [3.63, 3.8) is 0 Å². The first-order valence-electron chi connectivity index (χ1n) is 9.14. The number of aromatic nitrogens is 2. The van der Waals surface area contributed by atoms with Crippen molar-refractivity contribution in [2.45, 2.75) is 32.9 Å². The standard InChI is InChI=1S/C19H22N4O3S/c1-2-7-22(12-17-20-21-19(26-17)15-4-3-9-25-15)13-18(24)23-8-5-16-14(11-23)6-10-27-16/h3-4,6,9-10H,2,5,7-8,11-13H2,1H3. The molecule has 0 fully saturated rings. The second-order valence-corrected chi connectivity index (χ2v) is 7.62. The number of furan rings is 1. The van der Waals surface area contributed by atoms with E-state index in [4.69, 9.17) is 8.83 Å². The third-order valence-electron chi connectivity index (χ3n) is 4.62. The Morgan fingerprint density at radius 2 is 2.30 bits per heavy atom. The van der Waals surface area contributed by atoms with Gasteiger partial charge < -0.3 is 13.7 Å². The lowest BCUT2D eigenvalue weighted by Gasteiger charge is -2.29. The van der Waals surface area contributed by atoms with E-state index in [9.17, 15) is 4.79 Å². The van der Waals surface area contributed by atoms with Gasteiger partial charge in [0.25, 0.3) is 5.89 Å². The van der Waals surface area contributed by atoms with Crippen LogP contribution in [-0.4, -0.2) is 45.5 Å². The minimum absolute atomic E-state index is 0.145. The summed E-state index contributed by atoms with van der Waals surface area (Å²) in [6, 6.07) is 5.68. The molecule has 0 radical (unpaired) electrons.